The number of unbranched alkanes of at least 4 members (excludes halogenated alkanes) is 3. The fourth-order valence-corrected chi connectivity index (χ4v) is 10.7. The molecule has 19 heavy (non-hydrogen) atoms. The standard InChI is InChI=1S/C17H36BrP/c1-5-9-13-17-19(18,14-10-6-2,15-11-7-3)16-12-8-4/h9,13H,5-8,10-12,14-17H2,1-4H3/b13-9+. The van der Waals surface area contributed by atoms with Crippen LogP contribution >= 0.6 is 20.8 Å². The van der Waals surface area contributed by atoms with Crippen molar-refractivity contribution in [1.29, 1.82) is 0 Å². The van der Waals surface area contributed by atoms with Crippen molar-refractivity contribution in [3.63, 3.8) is 0 Å². The van der Waals surface area contributed by atoms with E-state index in [0.717, 1.165) is 0 Å². The van der Waals surface area contributed by atoms with Gasteiger partial charge >= 0.3 is 130 Å². The molecule has 116 valence electrons. The number of rotatable bonds is 12. The predicted molar refractivity (Wildman–Crippen MR) is 99.5 cm³/mol. The molecule has 0 unspecified atom stereocenters. The molecule has 0 bridgehead atoms. The molecule has 0 aromatic carbocycles. The van der Waals surface area contributed by atoms with Crippen LogP contribution < -0.4 is 0 Å². The first kappa shape index (κ1) is 19.7. The van der Waals surface area contributed by atoms with Gasteiger partial charge in [-0.1, -0.05) is 0 Å². The summed E-state index contributed by atoms with van der Waals surface area (Å²) >= 11 is 4.41. The van der Waals surface area contributed by atoms with E-state index in [1.807, 2.05) is 0 Å². The van der Waals surface area contributed by atoms with Gasteiger partial charge in [0.2, 0.25) is 0 Å². The molecule has 0 aliphatic heterocycles. The zero-order chi connectivity index (χ0) is 14.6. The van der Waals surface area contributed by atoms with E-state index >= 15 is 0 Å². The van der Waals surface area contributed by atoms with Gasteiger partial charge in [0.25, 0.3) is 0 Å². The minimum atomic E-state index is -1.65. The molecule has 0 nitrogen and oxygen atoms in total. The van der Waals surface area contributed by atoms with Crippen molar-refractivity contribution >= 4 is 20.8 Å². The summed E-state index contributed by atoms with van der Waals surface area (Å²) in [7, 11) is 0. The Labute approximate surface area is 130 Å². The molecule has 2 heteroatoms. The average Bonchev–Trinajstić information content (AvgIpc) is 2.42. The van der Waals surface area contributed by atoms with Gasteiger partial charge < -0.3 is 0 Å². The van der Waals surface area contributed by atoms with Crippen LogP contribution in [0.4, 0.5) is 0 Å². The van der Waals surface area contributed by atoms with Crippen molar-refractivity contribution < 1.29 is 0 Å². The van der Waals surface area contributed by atoms with Gasteiger partial charge in [-0.15, -0.1) is 0 Å². The predicted octanol–water partition coefficient (Wildman–Crippen LogP) is 7.22. The molecule has 0 spiro atoms. The molecular formula is C17H36BrP. The van der Waals surface area contributed by atoms with Gasteiger partial charge in [0, 0.05) is 0 Å². The summed E-state index contributed by atoms with van der Waals surface area (Å²) in [6, 6.07) is 0. The van der Waals surface area contributed by atoms with Crippen molar-refractivity contribution in [2.24, 2.45) is 0 Å². The second kappa shape index (κ2) is 10.4. The second-order valence-electron chi connectivity index (χ2n) is 6.11. The van der Waals surface area contributed by atoms with Crippen molar-refractivity contribution in [2.75, 3.05) is 24.6 Å². The summed E-state index contributed by atoms with van der Waals surface area (Å²) < 4.78 is 0. The maximum atomic E-state index is 4.41. The fourth-order valence-electron chi connectivity index (χ4n) is 2.77. The van der Waals surface area contributed by atoms with E-state index in [1.165, 1.54) is 69.6 Å². The number of halogens is 1. The Kier molecular flexibility index (Phi) is 10.7. The molecule has 0 saturated heterocycles. The molecule has 0 aliphatic rings. The first-order valence-electron chi connectivity index (χ1n) is 8.41. The van der Waals surface area contributed by atoms with Crippen molar-refractivity contribution in [1.82, 2.24) is 0 Å². The Morgan fingerprint density at radius 3 is 1.47 bits per heavy atom. The molecule has 0 fully saturated rings. The van der Waals surface area contributed by atoms with E-state index in [9.17, 15) is 0 Å². The van der Waals surface area contributed by atoms with Crippen molar-refractivity contribution in [3.05, 3.63) is 12.2 Å². The van der Waals surface area contributed by atoms with Crippen LogP contribution in [0.1, 0.15) is 72.6 Å². The van der Waals surface area contributed by atoms with Crippen molar-refractivity contribution in [3.8, 4) is 0 Å². The van der Waals surface area contributed by atoms with Gasteiger partial charge in [-0.2, -0.15) is 0 Å². The van der Waals surface area contributed by atoms with Crippen LogP contribution in [0.2, 0.25) is 0 Å². The van der Waals surface area contributed by atoms with E-state index in [-0.39, 0.29) is 0 Å². The van der Waals surface area contributed by atoms with Gasteiger partial charge in [0.1, 0.15) is 0 Å². The van der Waals surface area contributed by atoms with E-state index in [1.54, 1.807) is 0 Å². The van der Waals surface area contributed by atoms with Crippen LogP contribution in [0, 0.1) is 0 Å². The topological polar surface area (TPSA) is 0 Å². The number of hydrogen-bond acceptors (Lipinski definition) is 0. The zero-order valence-corrected chi connectivity index (χ0v) is 16.2. The molecule has 0 saturated carbocycles. The Bertz CT molecular complexity index is 223. The Hall–Kier alpha value is 0.650. The first-order chi connectivity index (χ1) is 9.04. The normalized spacial score (nSPS) is 14.7. The van der Waals surface area contributed by atoms with Crippen LogP contribution in [-0.2, 0) is 0 Å². The summed E-state index contributed by atoms with van der Waals surface area (Å²) in [5.41, 5.74) is 0. The van der Waals surface area contributed by atoms with Crippen LogP contribution in [0.3, 0.4) is 0 Å². The van der Waals surface area contributed by atoms with Gasteiger partial charge in [0.05, 0.1) is 0 Å². The third-order valence-corrected chi connectivity index (χ3v) is 13.7. The van der Waals surface area contributed by atoms with E-state index in [4.69, 9.17) is 0 Å². The molecule has 0 atom stereocenters. The van der Waals surface area contributed by atoms with Gasteiger partial charge in [-0.05, 0) is 0 Å². The Morgan fingerprint density at radius 2 is 1.16 bits per heavy atom. The molecule has 0 aromatic heterocycles. The first-order valence-corrected chi connectivity index (χ1v) is 13.4. The third kappa shape index (κ3) is 7.86. The average molecular weight is 351 g/mol. The van der Waals surface area contributed by atoms with E-state index in [2.05, 4.69) is 55.3 Å². The Morgan fingerprint density at radius 1 is 0.737 bits per heavy atom. The monoisotopic (exact) mass is 350 g/mol. The second-order valence-corrected chi connectivity index (χ2v) is 17.5. The molecule has 0 aliphatic carbocycles. The van der Waals surface area contributed by atoms with Gasteiger partial charge in [-0.25, -0.2) is 0 Å². The third-order valence-electron chi connectivity index (χ3n) is 4.18. The zero-order valence-electron chi connectivity index (χ0n) is 13.8. The van der Waals surface area contributed by atoms with Gasteiger partial charge in [-0.3, -0.25) is 0 Å². The molecule has 0 N–H and O–H groups in total. The molecule has 0 rings (SSSR count). The van der Waals surface area contributed by atoms with Gasteiger partial charge in [0.15, 0.2) is 0 Å². The molecule has 0 radical (unpaired) electrons. The molecule has 0 amide bonds. The van der Waals surface area contributed by atoms with Crippen LogP contribution in [0.5, 0.6) is 0 Å². The molecule has 0 aromatic rings. The van der Waals surface area contributed by atoms with Crippen LogP contribution in [0.15, 0.2) is 12.2 Å². The maximum absolute atomic E-state index is 4.41. The Balaban J connectivity index is 4.97. The SMILES string of the molecule is CC/C=C/CP(Br)(CCCC)(CCCC)CCCC. The summed E-state index contributed by atoms with van der Waals surface area (Å²) in [5, 5.41) is -1.65. The summed E-state index contributed by atoms with van der Waals surface area (Å²) in [5.74, 6) is 0. The van der Waals surface area contributed by atoms with Crippen molar-refractivity contribution in [2.45, 2.75) is 72.6 Å². The number of allylic oxidation sites excluding steroid dienone is 2. The molecule has 0 heterocycles. The van der Waals surface area contributed by atoms with E-state index in [0.29, 0.717) is 0 Å². The summed E-state index contributed by atoms with van der Waals surface area (Å²) in [4.78, 5) is 0. The minimum absolute atomic E-state index is 1.18. The number of hydrogen-bond donors (Lipinski definition) is 0. The van der Waals surface area contributed by atoms with Crippen LogP contribution in [0.25, 0.3) is 0 Å². The summed E-state index contributed by atoms with van der Waals surface area (Å²) in [6.07, 6.45) is 19.9. The van der Waals surface area contributed by atoms with Crippen LogP contribution in [-0.4, -0.2) is 24.6 Å². The van der Waals surface area contributed by atoms with E-state index < -0.39 is 5.31 Å². The fraction of sp³-hybridized carbons (Fsp3) is 0.882. The molecular weight excluding hydrogens is 315 g/mol. The quantitative estimate of drug-likeness (QED) is 0.257. The summed E-state index contributed by atoms with van der Waals surface area (Å²) in [6.45, 7) is 9.23.